The topological polar surface area (TPSA) is 66.5 Å². The molecule has 1 atom stereocenters. The number of carbonyl (C=O) groups excluding carboxylic acids is 1. The number of sulfonamides is 1. The first-order chi connectivity index (χ1) is 14.3. The first-order valence-corrected chi connectivity index (χ1v) is 11.3. The maximum atomic E-state index is 14.6. The third-order valence-electron chi connectivity index (χ3n) is 4.53. The second kappa shape index (κ2) is 9.51. The Labute approximate surface area is 183 Å². The molecule has 0 aliphatic rings. The van der Waals surface area contributed by atoms with E-state index in [9.17, 15) is 17.6 Å². The number of carbonyl (C=O) groups is 1. The molecule has 0 saturated carbocycles. The molecule has 3 aromatic carbocycles. The molecule has 0 aliphatic heterocycles. The van der Waals surface area contributed by atoms with Crippen LogP contribution < -0.4 is 5.32 Å². The molecule has 0 aromatic heterocycles. The molecule has 0 fully saturated rings. The summed E-state index contributed by atoms with van der Waals surface area (Å²) < 4.78 is 41.5. The van der Waals surface area contributed by atoms with Gasteiger partial charge in [-0.3, -0.25) is 4.79 Å². The summed E-state index contributed by atoms with van der Waals surface area (Å²) in [5.74, 6) is -1.03. The van der Waals surface area contributed by atoms with E-state index in [1.165, 1.54) is 25.2 Å². The molecule has 0 spiro atoms. The lowest BCUT2D eigenvalue weighted by atomic mass is 9.98. The lowest BCUT2D eigenvalue weighted by Crippen LogP contribution is -2.40. The molecule has 0 bridgehead atoms. The number of nitrogens with one attached hydrogen (secondary N) is 1. The molecule has 156 valence electrons. The van der Waals surface area contributed by atoms with Crippen LogP contribution in [0, 0.1) is 5.82 Å². The fraction of sp³-hybridized carbons (Fsp3) is 0.136. The number of rotatable bonds is 7. The van der Waals surface area contributed by atoms with Crippen molar-refractivity contribution in [3.8, 4) is 0 Å². The van der Waals surface area contributed by atoms with Gasteiger partial charge in [0.2, 0.25) is 15.9 Å². The van der Waals surface area contributed by atoms with Gasteiger partial charge >= 0.3 is 0 Å². The van der Waals surface area contributed by atoms with E-state index in [1.54, 1.807) is 54.6 Å². The van der Waals surface area contributed by atoms with Crippen molar-refractivity contribution in [3.05, 3.63) is 100 Å². The minimum Gasteiger partial charge on any atom is -0.344 e. The molecular formula is C22H20BrFN2O3S. The molecule has 1 unspecified atom stereocenters. The summed E-state index contributed by atoms with van der Waals surface area (Å²) >= 11 is 3.23. The number of hydrogen-bond donors (Lipinski definition) is 1. The summed E-state index contributed by atoms with van der Waals surface area (Å²) in [4.78, 5) is 12.8. The van der Waals surface area contributed by atoms with Gasteiger partial charge in [-0.15, -0.1) is 0 Å². The number of nitrogens with zero attached hydrogens (tertiary/aromatic N) is 1. The lowest BCUT2D eigenvalue weighted by molar-refractivity contribution is -0.121. The highest BCUT2D eigenvalue weighted by molar-refractivity contribution is 9.10. The Morgan fingerprint density at radius 3 is 2.23 bits per heavy atom. The predicted molar refractivity (Wildman–Crippen MR) is 117 cm³/mol. The zero-order valence-corrected chi connectivity index (χ0v) is 18.5. The van der Waals surface area contributed by atoms with Crippen LogP contribution in [0.5, 0.6) is 0 Å². The largest absolute Gasteiger partial charge is 0.344 e. The Morgan fingerprint density at radius 2 is 1.63 bits per heavy atom. The van der Waals surface area contributed by atoms with Gasteiger partial charge in [-0.25, -0.2) is 12.8 Å². The van der Waals surface area contributed by atoms with E-state index in [0.29, 0.717) is 10.0 Å². The van der Waals surface area contributed by atoms with Crippen molar-refractivity contribution in [2.45, 2.75) is 10.9 Å². The summed E-state index contributed by atoms with van der Waals surface area (Å²) in [5, 5.41) is 2.76. The van der Waals surface area contributed by atoms with Crippen LogP contribution in [-0.2, 0) is 14.8 Å². The second-order valence-electron chi connectivity index (χ2n) is 6.65. The van der Waals surface area contributed by atoms with Crippen molar-refractivity contribution in [3.63, 3.8) is 0 Å². The van der Waals surface area contributed by atoms with Crippen molar-refractivity contribution in [2.24, 2.45) is 0 Å². The molecule has 0 saturated heterocycles. The summed E-state index contributed by atoms with van der Waals surface area (Å²) in [6, 6.07) is 20.6. The third kappa shape index (κ3) is 5.13. The monoisotopic (exact) mass is 490 g/mol. The van der Waals surface area contributed by atoms with Gasteiger partial charge < -0.3 is 5.32 Å². The van der Waals surface area contributed by atoms with E-state index in [1.807, 2.05) is 6.07 Å². The normalized spacial score (nSPS) is 12.5. The number of hydrogen-bond acceptors (Lipinski definition) is 3. The van der Waals surface area contributed by atoms with Crippen molar-refractivity contribution in [2.75, 3.05) is 13.6 Å². The smallest absolute Gasteiger partial charge is 0.243 e. The Hall–Kier alpha value is -2.55. The van der Waals surface area contributed by atoms with E-state index < -0.39 is 34.3 Å². The lowest BCUT2D eigenvalue weighted by Gasteiger charge is -2.23. The van der Waals surface area contributed by atoms with Gasteiger partial charge in [0.05, 0.1) is 17.5 Å². The van der Waals surface area contributed by atoms with Crippen molar-refractivity contribution >= 4 is 31.9 Å². The summed E-state index contributed by atoms with van der Waals surface area (Å²) in [5.41, 5.74) is 0.965. The van der Waals surface area contributed by atoms with E-state index in [-0.39, 0.29) is 10.5 Å². The van der Waals surface area contributed by atoms with E-state index >= 15 is 0 Å². The zero-order chi connectivity index (χ0) is 21.7. The van der Waals surface area contributed by atoms with Gasteiger partial charge in [-0.2, -0.15) is 4.31 Å². The van der Waals surface area contributed by atoms with E-state index in [4.69, 9.17) is 0 Å². The molecule has 0 radical (unpaired) electrons. The average molecular weight is 491 g/mol. The van der Waals surface area contributed by atoms with Gasteiger partial charge in [0.15, 0.2) is 0 Å². The number of halogens is 2. The van der Waals surface area contributed by atoms with Crippen molar-refractivity contribution in [1.29, 1.82) is 0 Å². The fourth-order valence-electron chi connectivity index (χ4n) is 2.99. The van der Waals surface area contributed by atoms with E-state index in [2.05, 4.69) is 21.2 Å². The molecule has 1 amide bonds. The number of amides is 1. The Morgan fingerprint density at radius 1 is 1.03 bits per heavy atom. The fourth-order valence-corrected chi connectivity index (χ4v) is 4.47. The molecule has 30 heavy (non-hydrogen) atoms. The van der Waals surface area contributed by atoms with Gasteiger partial charge in [0.1, 0.15) is 5.82 Å². The van der Waals surface area contributed by atoms with Crippen LogP contribution in [0.15, 0.2) is 88.2 Å². The van der Waals surface area contributed by atoms with Crippen LogP contribution >= 0.6 is 15.9 Å². The number of likely N-dealkylation sites (N-methyl/N-ethyl adjacent to an activating group) is 1. The van der Waals surface area contributed by atoms with Crippen LogP contribution in [0.2, 0.25) is 0 Å². The van der Waals surface area contributed by atoms with Gasteiger partial charge in [0.25, 0.3) is 0 Å². The maximum Gasteiger partial charge on any atom is 0.243 e. The average Bonchev–Trinajstić information content (AvgIpc) is 2.73. The SMILES string of the molecule is CN(CC(=O)NC(c1ccccc1)c1ccc(Br)cc1F)S(=O)(=O)c1ccccc1. The molecule has 8 heteroatoms. The van der Waals surface area contributed by atoms with Crippen LogP contribution in [0.25, 0.3) is 0 Å². The number of benzene rings is 3. The molecule has 1 N–H and O–H groups in total. The van der Waals surface area contributed by atoms with Crippen LogP contribution in [0.4, 0.5) is 4.39 Å². The van der Waals surface area contributed by atoms with Crippen LogP contribution in [-0.4, -0.2) is 32.2 Å². The molecular weight excluding hydrogens is 471 g/mol. The first kappa shape index (κ1) is 22.1. The van der Waals surface area contributed by atoms with Crippen molar-refractivity contribution < 1.29 is 17.6 Å². The Balaban J connectivity index is 1.83. The van der Waals surface area contributed by atoms with Gasteiger partial charge in [0, 0.05) is 17.1 Å². The highest BCUT2D eigenvalue weighted by Gasteiger charge is 2.25. The summed E-state index contributed by atoms with van der Waals surface area (Å²) in [7, 11) is -2.49. The second-order valence-corrected chi connectivity index (χ2v) is 9.61. The van der Waals surface area contributed by atoms with E-state index in [0.717, 1.165) is 4.31 Å². The Kier molecular flexibility index (Phi) is 7.02. The first-order valence-electron chi connectivity index (χ1n) is 9.09. The standard InChI is InChI=1S/C22H20BrFN2O3S/c1-26(30(28,29)18-10-6-3-7-11-18)15-21(27)25-22(16-8-4-2-5-9-16)19-13-12-17(23)14-20(19)24/h2-14,22H,15H2,1H3,(H,25,27). The van der Waals surface area contributed by atoms with Crippen LogP contribution in [0.3, 0.4) is 0 Å². The molecule has 0 aliphatic carbocycles. The molecule has 3 aromatic rings. The molecule has 0 heterocycles. The maximum absolute atomic E-state index is 14.6. The summed E-state index contributed by atoms with van der Waals surface area (Å²) in [6.45, 7) is -0.404. The molecule has 5 nitrogen and oxygen atoms in total. The predicted octanol–water partition coefficient (Wildman–Crippen LogP) is 4.11. The third-order valence-corrected chi connectivity index (χ3v) is 6.84. The van der Waals surface area contributed by atoms with Crippen molar-refractivity contribution in [1.82, 2.24) is 9.62 Å². The quantitative estimate of drug-likeness (QED) is 0.541. The summed E-state index contributed by atoms with van der Waals surface area (Å²) in [6.07, 6.45) is 0. The van der Waals surface area contributed by atoms with Crippen LogP contribution in [0.1, 0.15) is 17.2 Å². The minimum atomic E-state index is -3.82. The molecule has 3 rings (SSSR count). The zero-order valence-electron chi connectivity index (χ0n) is 16.1. The minimum absolute atomic E-state index is 0.0962. The highest BCUT2D eigenvalue weighted by atomic mass is 79.9. The van der Waals surface area contributed by atoms with Gasteiger partial charge in [-0.1, -0.05) is 70.5 Å². The Bertz CT molecular complexity index is 1130. The van der Waals surface area contributed by atoms with Gasteiger partial charge in [-0.05, 0) is 29.8 Å². The highest BCUT2D eigenvalue weighted by Crippen LogP contribution is 2.26.